The maximum atomic E-state index is 12.2. The number of aromatic nitrogens is 4. The molecule has 4 rings (SSSR count). The fourth-order valence-electron chi connectivity index (χ4n) is 3.59. The first-order valence-corrected chi connectivity index (χ1v) is 9.87. The van der Waals surface area contributed by atoms with Gasteiger partial charge in [0, 0.05) is 13.1 Å². The Labute approximate surface area is 169 Å². The normalized spacial score (nSPS) is 14.7. The van der Waals surface area contributed by atoms with Crippen molar-refractivity contribution < 1.29 is 9.32 Å². The Kier molecular flexibility index (Phi) is 5.79. The van der Waals surface area contributed by atoms with E-state index in [-0.39, 0.29) is 18.1 Å². The second-order valence-electron chi connectivity index (χ2n) is 7.31. The Bertz CT molecular complexity index is 933. The zero-order valence-corrected chi connectivity index (χ0v) is 16.4. The zero-order chi connectivity index (χ0) is 20.1. The number of carbonyl (C=O) groups excluding carboxylic acids is 1. The molecule has 1 amide bonds. The number of rotatable bonds is 6. The van der Waals surface area contributed by atoms with Crippen LogP contribution < -0.4 is 10.2 Å². The maximum absolute atomic E-state index is 12.2. The van der Waals surface area contributed by atoms with Crippen molar-refractivity contribution >= 4 is 11.7 Å². The molecular formula is C21H24N6O2. The molecule has 3 heterocycles. The minimum absolute atomic E-state index is 0.165. The van der Waals surface area contributed by atoms with Gasteiger partial charge in [0.05, 0.1) is 6.54 Å². The van der Waals surface area contributed by atoms with Crippen LogP contribution >= 0.6 is 0 Å². The Morgan fingerprint density at radius 3 is 2.59 bits per heavy atom. The van der Waals surface area contributed by atoms with Gasteiger partial charge in [-0.25, -0.2) is 0 Å². The number of nitrogens with zero attached hydrogens (tertiary/aromatic N) is 5. The van der Waals surface area contributed by atoms with Crippen LogP contribution in [0.2, 0.25) is 0 Å². The van der Waals surface area contributed by atoms with E-state index in [1.54, 1.807) is 13.0 Å². The van der Waals surface area contributed by atoms with Crippen LogP contribution in [0.3, 0.4) is 0 Å². The average Bonchev–Trinajstić information content (AvgIpc) is 3.19. The Hall–Kier alpha value is -3.29. The molecule has 0 aliphatic carbocycles. The summed E-state index contributed by atoms with van der Waals surface area (Å²) in [5.74, 6) is 2.08. The van der Waals surface area contributed by atoms with Crippen molar-refractivity contribution in [1.29, 1.82) is 0 Å². The molecule has 1 aliphatic rings. The number of piperidine rings is 1. The van der Waals surface area contributed by atoms with Crippen molar-refractivity contribution in [2.75, 3.05) is 18.0 Å². The predicted octanol–water partition coefficient (Wildman–Crippen LogP) is 2.56. The van der Waals surface area contributed by atoms with Gasteiger partial charge in [-0.05, 0) is 49.8 Å². The third-order valence-corrected chi connectivity index (χ3v) is 5.16. The Balaban J connectivity index is 1.27. The smallest absolute Gasteiger partial charge is 0.272 e. The van der Waals surface area contributed by atoms with Gasteiger partial charge in [-0.15, -0.1) is 10.2 Å². The maximum Gasteiger partial charge on any atom is 0.272 e. The molecule has 8 heteroatoms. The van der Waals surface area contributed by atoms with E-state index in [2.05, 4.69) is 60.9 Å². The van der Waals surface area contributed by atoms with Gasteiger partial charge in [0.2, 0.25) is 5.89 Å². The van der Waals surface area contributed by atoms with Gasteiger partial charge in [0.1, 0.15) is 0 Å². The number of aryl methyl sites for hydroxylation is 1. The van der Waals surface area contributed by atoms with Crippen molar-refractivity contribution in [2.24, 2.45) is 5.92 Å². The van der Waals surface area contributed by atoms with Crippen LogP contribution in [-0.2, 0) is 13.0 Å². The average molecular weight is 392 g/mol. The standard InChI is InChI=1S/C21H24N6O2/c1-15-23-20(29-26-15)14-22-21(28)18-7-8-19(25-24-18)27-11-9-17(10-12-27)13-16-5-3-2-4-6-16/h2-8,17H,9-14H2,1H3,(H,22,28). The molecule has 0 saturated carbocycles. The van der Waals surface area contributed by atoms with Crippen LogP contribution in [0.25, 0.3) is 0 Å². The van der Waals surface area contributed by atoms with E-state index in [9.17, 15) is 4.79 Å². The van der Waals surface area contributed by atoms with E-state index in [1.807, 2.05) is 6.07 Å². The highest BCUT2D eigenvalue weighted by Gasteiger charge is 2.21. The topological polar surface area (TPSA) is 97.0 Å². The molecule has 1 aliphatic heterocycles. The van der Waals surface area contributed by atoms with Crippen molar-refractivity contribution in [1.82, 2.24) is 25.7 Å². The minimum Gasteiger partial charge on any atom is -0.355 e. The van der Waals surface area contributed by atoms with Gasteiger partial charge >= 0.3 is 0 Å². The minimum atomic E-state index is -0.318. The fraction of sp³-hybridized carbons (Fsp3) is 0.381. The fourth-order valence-corrected chi connectivity index (χ4v) is 3.59. The second kappa shape index (κ2) is 8.81. The predicted molar refractivity (Wildman–Crippen MR) is 107 cm³/mol. The molecule has 0 radical (unpaired) electrons. The molecule has 0 atom stereocenters. The van der Waals surface area contributed by atoms with Crippen LogP contribution in [0, 0.1) is 12.8 Å². The first kappa shape index (κ1) is 19.0. The summed E-state index contributed by atoms with van der Waals surface area (Å²) in [6.45, 7) is 3.80. The lowest BCUT2D eigenvalue weighted by Gasteiger charge is -2.32. The lowest BCUT2D eigenvalue weighted by atomic mass is 9.90. The molecule has 0 unspecified atom stereocenters. The summed E-state index contributed by atoms with van der Waals surface area (Å²) in [5.41, 5.74) is 1.67. The number of carbonyl (C=O) groups is 1. The van der Waals surface area contributed by atoms with Crippen LogP contribution in [-0.4, -0.2) is 39.3 Å². The second-order valence-corrected chi connectivity index (χ2v) is 7.31. The van der Waals surface area contributed by atoms with E-state index in [1.165, 1.54) is 5.56 Å². The molecule has 8 nitrogen and oxygen atoms in total. The lowest BCUT2D eigenvalue weighted by Crippen LogP contribution is -2.35. The molecule has 3 aromatic rings. The Morgan fingerprint density at radius 1 is 1.14 bits per heavy atom. The summed E-state index contributed by atoms with van der Waals surface area (Å²) >= 11 is 0. The third-order valence-electron chi connectivity index (χ3n) is 5.16. The molecule has 29 heavy (non-hydrogen) atoms. The molecule has 0 bridgehead atoms. The largest absolute Gasteiger partial charge is 0.355 e. The van der Waals surface area contributed by atoms with Crippen molar-refractivity contribution in [3.63, 3.8) is 0 Å². The van der Waals surface area contributed by atoms with E-state index >= 15 is 0 Å². The molecule has 0 spiro atoms. The van der Waals surface area contributed by atoms with Crippen molar-refractivity contribution in [2.45, 2.75) is 32.7 Å². The zero-order valence-electron chi connectivity index (χ0n) is 16.4. The van der Waals surface area contributed by atoms with Gasteiger partial charge in [-0.2, -0.15) is 4.98 Å². The van der Waals surface area contributed by atoms with E-state index in [4.69, 9.17) is 4.52 Å². The number of amides is 1. The molecular weight excluding hydrogens is 368 g/mol. The first-order valence-electron chi connectivity index (χ1n) is 9.87. The van der Waals surface area contributed by atoms with Crippen molar-refractivity contribution in [3.8, 4) is 0 Å². The van der Waals surface area contributed by atoms with Crippen molar-refractivity contribution in [3.05, 3.63) is 65.4 Å². The van der Waals surface area contributed by atoms with Gasteiger partial charge in [-0.1, -0.05) is 35.5 Å². The summed E-state index contributed by atoms with van der Waals surface area (Å²) in [7, 11) is 0. The van der Waals surface area contributed by atoms with Crippen LogP contribution in [0.1, 0.15) is 40.6 Å². The molecule has 2 aromatic heterocycles. The molecule has 1 fully saturated rings. The van der Waals surface area contributed by atoms with Gasteiger partial charge in [0.15, 0.2) is 17.3 Å². The van der Waals surface area contributed by atoms with Gasteiger partial charge < -0.3 is 14.7 Å². The highest BCUT2D eigenvalue weighted by Crippen LogP contribution is 2.24. The van der Waals surface area contributed by atoms with Crippen LogP contribution in [0.15, 0.2) is 47.0 Å². The summed E-state index contributed by atoms with van der Waals surface area (Å²) in [6, 6.07) is 14.2. The monoisotopic (exact) mass is 392 g/mol. The third kappa shape index (κ3) is 4.96. The summed E-state index contributed by atoms with van der Waals surface area (Å²) < 4.78 is 4.98. The van der Waals surface area contributed by atoms with Gasteiger partial charge in [0.25, 0.3) is 5.91 Å². The molecule has 1 aromatic carbocycles. The SMILES string of the molecule is Cc1noc(CNC(=O)c2ccc(N3CCC(Cc4ccccc4)CC3)nn2)n1. The highest BCUT2D eigenvalue weighted by atomic mass is 16.5. The quantitative estimate of drug-likeness (QED) is 0.688. The summed E-state index contributed by atoms with van der Waals surface area (Å²) in [4.78, 5) is 18.5. The van der Waals surface area contributed by atoms with E-state index < -0.39 is 0 Å². The molecule has 150 valence electrons. The number of anilines is 1. The van der Waals surface area contributed by atoms with Crippen LogP contribution in [0.5, 0.6) is 0 Å². The molecule has 1 saturated heterocycles. The van der Waals surface area contributed by atoms with Gasteiger partial charge in [-0.3, -0.25) is 4.79 Å². The molecule has 1 N–H and O–H groups in total. The van der Waals surface area contributed by atoms with Crippen LogP contribution in [0.4, 0.5) is 5.82 Å². The van der Waals surface area contributed by atoms with E-state index in [0.29, 0.717) is 17.6 Å². The summed E-state index contributed by atoms with van der Waals surface area (Å²) in [6.07, 6.45) is 3.38. The number of nitrogens with one attached hydrogen (secondary N) is 1. The highest BCUT2D eigenvalue weighted by molar-refractivity contribution is 5.92. The number of hydrogen-bond donors (Lipinski definition) is 1. The Morgan fingerprint density at radius 2 is 1.93 bits per heavy atom. The number of benzene rings is 1. The summed E-state index contributed by atoms with van der Waals surface area (Å²) in [5, 5.41) is 14.7. The number of hydrogen-bond acceptors (Lipinski definition) is 7. The first-order chi connectivity index (χ1) is 14.2. The van der Waals surface area contributed by atoms with E-state index in [0.717, 1.165) is 38.2 Å². The lowest BCUT2D eigenvalue weighted by molar-refractivity contribution is 0.0940.